The van der Waals surface area contributed by atoms with Gasteiger partial charge in [-0.15, -0.1) is 0 Å². The zero-order chi connectivity index (χ0) is 11.7. The third-order valence-corrected chi connectivity index (χ3v) is 2.93. The second-order valence-electron chi connectivity index (χ2n) is 4.09. The molecule has 2 atom stereocenters. The molecule has 0 spiro atoms. The zero-order valence-electron chi connectivity index (χ0n) is 9.07. The number of benzene rings is 1. The molecule has 2 amide bonds. The first-order chi connectivity index (χ1) is 7.59. The van der Waals surface area contributed by atoms with Gasteiger partial charge in [0, 0.05) is 13.0 Å². The molecule has 0 bridgehead atoms. The van der Waals surface area contributed by atoms with E-state index in [-0.39, 0.29) is 17.9 Å². The third-order valence-electron chi connectivity index (χ3n) is 2.93. The topological polar surface area (TPSA) is 72.2 Å². The van der Waals surface area contributed by atoms with Crippen molar-refractivity contribution in [3.8, 4) is 0 Å². The van der Waals surface area contributed by atoms with Gasteiger partial charge in [-0.3, -0.25) is 9.59 Å². The maximum absolute atomic E-state index is 11.4. The van der Waals surface area contributed by atoms with E-state index in [9.17, 15) is 9.59 Å². The Kier molecular flexibility index (Phi) is 2.64. The monoisotopic (exact) mass is 218 g/mol. The van der Waals surface area contributed by atoms with Gasteiger partial charge in [0.25, 0.3) is 0 Å². The highest BCUT2D eigenvalue weighted by atomic mass is 16.2. The Hall–Kier alpha value is -1.84. The second kappa shape index (κ2) is 3.96. The molecule has 1 aromatic carbocycles. The Morgan fingerprint density at radius 1 is 1.38 bits per heavy atom. The number of nitrogens with one attached hydrogen (secondary N) is 1. The van der Waals surface area contributed by atoms with Crippen LogP contribution in [-0.4, -0.2) is 17.9 Å². The van der Waals surface area contributed by atoms with Gasteiger partial charge in [0.15, 0.2) is 0 Å². The van der Waals surface area contributed by atoms with Crippen LogP contribution in [0.2, 0.25) is 0 Å². The second-order valence-corrected chi connectivity index (χ2v) is 4.09. The average Bonchev–Trinajstić information content (AvgIpc) is 2.53. The van der Waals surface area contributed by atoms with Crippen molar-refractivity contribution in [3.05, 3.63) is 35.4 Å². The number of carbonyl (C=O) groups excluding carboxylic acids is 2. The van der Waals surface area contributed by atoms with E-state index in [0.29, 0.717) is 6.42 Å². The quantitative estimate of drug-likeness (QED) is 0.750. The maximum atomic E-state index is 11.4. The van der Waals surface area contributed by atoms with Crippen molar-refractivity contribution in [2.45, 2.75) is 25.3 Å². The lowest BCUT2D eigenvalue weighted by Gasteiger charge is -2.17. The molecule has 0 heterocycles. The van der Waals surface area contributed by atoms with Crippen LogP contribution >= 0.6 is 0 Å². The Balaban J connectivity index is 2.33. The van der Waals surface area contributed by atoms with E-state index >= 15 is 0 Å². The summed E-state index contributed by atoms with van der Waals surface area (Å²) >= 11 is 0. The lowest BCUT2D eigenvalue weighted by molar-refractivity contribution is -0.121. The summed E-state index contributed by atoms with van der Waals surface area (Å²) in [6.07, 6.45) is 0.670. The Morgan fingerprint density at radius 3 is 2.69 bits per heavy atom. The largest absolute Gasteiger partial charge is 0.369 e. The maximum Gasteiger partial charge on any atom is 0.227 e. The van der Waals surface area contributed by atoms with Crippen LogP contribution in [0.1, 0.15) is 24.0 Å². The van der Waals surface area contributed by atoms with E-state index < -0.39 is 5.92 Å². The van der Waals surface area contributed by atoms with Gasteiger partial charge in [-0.05, 0) is 17.5 Å². The van der Waals surface area contributed by atoms with E-state index in [1.807, 2.05) is 24.3 Å². The number of rotatable bonds is 2. The van der Waals surface area contributed by atoms with E-state index in [0.717, 1.165) is 11.1 Å². The molecule has 0 aliphatic heterocycles. The van der Waals surface area contributed by atoms with Gasteiger partial charge in [-0.1, -0.05) is 24.3 Å². The zero-order valence-corrected chi connectivity index (χ0v) is 9.07. The minimum atomic E-state index is -0.403. The molecule has 2 unspecified atom stereocenters. The minimum Gasteiger partial charge on any atom is -0.369 e. The van der Waals surface area contributed by atoms with Crippen LogP contribution in [0.5, 0.6) is 0 Å². The highest BCUT2D eigenvalue weighted by Crippen LogP contribution is 2.32. The summed E-state index contributed by atoms with van der Waals surface area (Å²) in [6, 6.07) is 7.46. The molecule has 3 N–H and O–H groups in total. The third kappa shape index (κ3) is 1.78. The predicted octanol–water partition coefficient (Wildman–Crippen LogP) is 0.316. The highest BCUT2D eigenvalue weighted by molar-refractivity contribution is 5.85. The molecule has 0 fully saturated rings. The van der Waals surface area contributed by atoms with Crippen LogP contribution in [0, 0.1) is 0 Å². The summed E-state index contributed by atoms with van der Waals surface area (Å²) in [6.45, 7) is 1.45. The molecular formula is C12H14N2O2. The van der Waals surface area contributed by atoms with Crippen LogP contribution in [0.3, 0.4) is 0 Å². The van der Waals surface area contributed by atoms with E-state index in [2.05, 4.69) is 5.32 Å². The van der Waals surface area contributed by atoms with Crippen LogP contribution in [0.4, 0.5) is 0 Å². The van der Waals surface area contributed by atoms with Crippen molar-refractivity contribution in [2.75, 3.05) is 0 Å². The number of amides is 2. The number of primary amides is 1. The van der Waals surface area contributed by atoms with Gasteiger partial charge in [0.1, 0.15) is 0 Å². The summed E-state index contributed by atoms with van der Waals surface area (Å²) in [5.41, 5.74) is 7.42. The molecule has 2 rings (SSSR count). The molecule has 0 saturated carbocycles. The lowest BCUT2D eigenvalue weighted by Crippen LogP contribution is -2.41. The molecular weight excluding hydrogens is 204 g/mol. The SMILES string of the molecule is CC(=O)NC1Cc2ccccc2C1C(N)=O. The summed E-state index contributed by atoms with van der Waals surface area (Å²) in [5.74, 6) is -0.923. The Morgan fingerprint density at radius 2 is 2.06 bits per heavy atom. The van der Waals surface area contributed by atoms with Crippen LogP contribution in [0.15, 0.2) is 24.3 Å². The number of hydrogen-bond donors (Lipinski definition) is 2. The summed E-state index contributed by atoms with van der Waals surface area (Å²) in [4.78, 5) is 22.5. The molecule has 4 nitrogen and oxygen atoms in total. The number of carbonyl (C=O) groups is 2. The Labute approximate surface area is 93.8 Å². The standard InChI is InChI=1S/C12H14N2O2/c1-7(15)14-10-6-8-4-2-3-5-9(8)11(10)12(13)16/h2-5,10-11H,6H2,1H3,(H2,13,16)(H,14,15). The molecule has 1 aliphatic carbocycles. The van der Waals surface area contributed by atoms with Crippen molar-refractivity contribution >= 4 is 11.8 Å². The fraction of sp³-hybridized carbons (Fsp3) is 0.333. The van der Waals surface area contributed by atoms with Crippen molar-refractivity contribution < 1.29 is 9.59 Å². The predicted molar refractivity (Wildman–Crippen MR) is 59.7 cm³/mol. The van der Waals surface area contributed by atoms with Gasteiger partial charge >= 0.3 is 0 Å². The smallest absolute Gasteiger partial charge is 0.227 e. The van der Waals surface area contributed by atoms with Crippen molar-refractivity contribution in [1.29, 1.82) is 0 Å². The van der Waals surface area contributed by atoms with Gasteiger partial charge in [0.05, 0.1) is 5.92 Å². The number of nitrogens with two attached hydrogens (primary N) is 1. The fourth-order valence-corrected chi connectivity index (χ4v) is 2.34. The molecule has 84 valence electrons. The van der Waals surface area contributed by atoms with Gasteiger partial charge in [-0.2, -0.15) is 0 Å². The van der Waals surface area contributed by atoms with Crippen LogP contribution in [0.25, 0.3) is 0 Å². The minimum absolute atomic E-state index is 0.135. The van der Waals surface area contributed by atoms with E-state index in [4.69, 9.17) is 5.73 Å². The molecule has 1 aliphatic rings. The van der Waals surface area contributed by atoms with Gasteiger partial charge in [0.2, 0.25) is 11.8 Å². The molecule has 1 aromatic rings. The summed E-state index contributed by atoms with van der Waals surface area (Å²) in [5, 5.41) is 2.78. The molecule has 4 heteroatoms. The molecule has 0 radical (unpaired) electrons. The molecule has 0 saturated heterocycles. The van der Waals surface area contributed by atoms with Crippen molar-refractivity contribution in [2.24, 2.45) is 5.73 Å². The normalized spacial score (nSPS) is 22.6. The molecule has 16 heavy (non-hydrogen) atoms. The first kappa shape index (κ1) is 10.7. The fourth-order valence-electron chi connectivity index (χ4n) is 2.34. The highest BCUT2D eigenvalue weighted by Gasteiger charge is 2.36. The summed E-state index contributed by atoms with van der Waals surface area (Å²) < 4.78 is 0. The van der Waals surface area contributed by atoms with Crippen LogP contribution < -0.4 is 11.1 Å². The van der Waals surface area contributed by atoms with Crippen LogP contribution in [-0.2, 0) is 16.0 Å². The molecule has 0 aromatic heterocycles. The Bertz CT molecular complexity index is 442. The van der Waals surface area contributed by atoms with Gasteiger partial charge < -0.3 is 11.1 Å². The lowest BCUT2D eigenvalue weighted by atomic mass is 9.98. The van der Waals surface area contributed by atoms with Crippen molar-refractivity contribution in [3.63, 3.8) is 0 Å². The number of fused-ring (bicyclic) bond motifs is 1. The summed E-state index contributed by atoms with van der Waals surface area (Å²) in [7, 11) is 0. The van der Waals surface area contributed by atoms with Gasteiger partial charge in [-0.25, -0.2) is 0 Å². The van der Waals surface area contributed by atoms with Crippen molar-refractivity contribution in [1.82, 2.24) is 5.32 Å². The van der Waals surface area contributed by atoms with E-state index in [1.165, 1.54) is 6.92 Å². The van der Waals surface area contributed by atoms with E-state index in [1.54, 1.807) is 0 Å². The number of hydrogen-bond acceptors (Lipinski definition) is 2. The first-order valence-corrected chi connectivity index (χ1v) is 5.24. The first-order valence-electron chi connectivity index (χ1n) is 5.24. The average molecular weight is 218 g/mol.